The Bertz CT molecular complexity index is 1080. The molecule has 4 heterocycles. The molecule has 0 atom stereocenters. The lowest BCUT2D eigenvalue weighted by Gasteiger charge is -2.34. The fourth-order valence-corrected chi connectivity index (χ4v) is 3.84. The van der Waals surface area contributed by atoms with E-state index in [1.807, 2.05) is 42.9 Å². The molecule has 1 aliphatic heterocycles. The summed E-state index contributed by atoms with van der Waals surface area (Å²) in [4.78, 5) is 14.1. The molecule has 5 rings (SSSR count). The molecule has 7 heteroatoms. The second kappa shape index (κ2) is 7.60. The van der Waals surface area contributed by atoms with Gasteiger partial charge in [0.15, 0.2) is 11.5 Å². The second-order valence-corrected chi connectivity index (χ2v) is 7.16. The van der Waals surface area contributed by atoms with Crippen LogP contribution in [0.5, 0.6) is 5.75 Å². The van der Waals surface area contributed by atoms with Gasteiger partial charge in [-0.05, 0) is 36.4 Å². The number of aromatic nitrogens is 3. The Morgan fingerprint density at radius 2 is 1.86 bits per heavy atom. The largest absolute Gasteiger partial charge is 0.497 e. The Kier molecular flexibility index (Phi) is 4.65. The zero-order chi connectivity index (χ0) is 19.6. The lowest BCUT2D eigenvalue weighted by molar-refractivity contribution is 0.230. The van der Waals surface area contributed by atoms with Crippen LogP contribution in [-0.4, -0.2) is 52.6 Å². The standard InChI is InChI=1S/C22H23N5O2/c1-28-18-6-4-17(5-7-18)20-15-24-22-21(23-8-9-27(20)22)26-12-10-25(11-13-26)16-19-3-2-14-29-19/h2-9,14-15H,10-13,16H2,1H3. The van der Waals surface area contributed by atoms with E-state index in [-0.39, 0.29) is 0 Å². The highest BCUT2D eigenvalue weighted by Crippen LogP contribution is 2.27. The van der Waals surface area contributed by atoms with E-state index in [9.17, 15) is 0 Å². The van der Waals surface area contributed by atoms with Crippen LogP contribution in [0.4, 0.5) is 5.82 Å². The van der Waals surface area contributed by atoms with Crippen LogP contribution in [0, 0.1) is 0 Å². The second-order valence-electron chi connectivity index (χ2n) is 7.16. The summed E-state index contributed by atoms with van der Waals surface area (Å²) in [7, 11) is 1.68. The van der Waals surface area contributed by atoms with Gasteiger partial charge in [0.05, 0.1) is 31.8 Å². The van der Waals surface area contributed by atoms with Crippen molar-refractivity contribution in [3.05, 3.63) is 67.0 Å². The Morgan fingerprint density at radius 1 is 1.03 bits per heavy atom. The van der Waals surface area contributed by atoms with Gasteiger partial charge in [-0.25, -0.2) is 9.97 Å². The molecule has 0 spiro atoms. The first-order valence-corrected chi connectivity index (χ1v) is 9.78. The van der Waals surface area contributed by atoms with Crippen molar-refractivity contribution in [2.75, 3.05) is 38.2 Å². The summed E-state index contributed by atoms with van der Waals surface area (Å²) in [5, 5.41) is 0. The first-order chi connectivity index (χ1) is 14.3. The molecular weight excluding hydrogens is 366 g/mol. The zero-order valence-electron chi connectivity index (χ0n) is 16.4. The molecule has 1 aromatic carbocycles. The fourth-order valence-electron chi connectivity index (χ4n) is 3.84. The summed E-state index contributed by atoms with van der Waals surface area (Å²) >= 11 is 0. The number of hydrogen-bond acceptors (Lipinski definition) is 6. The number of nitrogens with zero attached hydrogens (tertiary/aromatic N) is 5. The topological polar surface area (TPSA) is 59.0 Å². The number of methoxy groups -OCH3 is 1. The monoisotopic (exact) mass is 389 g/mol. The molecule has 0 amide bonds. The van der Waals surface area contributed by atoms with Crippen molar-refractivity contribution >= 4 is 11.5 Å². The van der Waals surface area contributed by atoms with E-state index in [0.29, 0.717) is 0 Å². The summed E-state index contributed by atoms with van der Waals surface area (Å²) in [5.41, 5.74) is 3.03. The van der Waals surface area contributed by atoms with E-state index >= 15 is 0 Å². The van der Waals surface area contributed by atoms with Gasteiger partial charge in [0, 0.05) is 44.1 Å². The van der Waals surface area contributed by atoms with Gasteiger partial charge in [-0.15, -0.1) is 0 Å². The Labute approximate surface area is 169 Å². The van der Waals surface area contributed by atoms with Gasteiger partial charge in [-0.3, -0.25) is 9.30 Å². The Morgan fingerprint density at radius 3 is 2.59 bits per heavy atom. The number of hydrogen-bond donors (Lipinski definition) is 0. The van der Waals surface area contributed by atoms with E-state index in [2.05, 4.69) is 31.3 Å². The summed E-state index contributed by atoms with van der Waals surface area (Å²) in [6, 6.07) is 12.0. The van der Waals surface area contributed by atoms with E-state index in [0.717, 1.165) is 67.0 Å². The van der Waals surface area contributed by atoms with Gasteiger partial charge in [-0.2, -0.15) is 0 Å². The fraction of sp³-hybridized carbons (Fsp3) is 0.273. The number of fused-ring (bicyclic) bond motifs is 1. The van der Waals surface area contributed by atoms with Gasteiger partial charge in [0.25, 0.3) is 0 Å². The van der Waals surface area contributed by atoms with E-state index in [4.69, 9.17) is 14.1 Å². The molecular formula is C22H23N5O2. The number of rotatable bonds is 5. The molecule has 1 fully saturated rings. The lowest BCUT2D eigenvalue weighted by Crippen LogP contribution is -2.46. The smallest absolute Gasteiger partial charge is 0.180 e. The lowest BCUT2D eigenvalue weighted by atomic mass is 10.1. The highest BCUT2D eigenvalue weighted by molar-refractivity contribution is 5.71. The molecule has 4 aromatic rings. The highest BCUT2D eigenvalue weighted by atomic mass is 16.5. The van der Waals surface area contributed by atoms with Crippen LogP contribution in [0.15, 0.2) is 65.7 Å². The van der Waals surface area contributed by atoms with Crippen LogP contribution in [0.3, 0.4) is 0 Å². The molecule has 0 radical (unpaired) electrons. The van der Waals surface area contributed by atoms with E-state index in [1.54, 1.807) is 13.4 Å². The van der Waals surface area contributed by atoms with Gasteiger partial charge in [0.2, 0.25) is 0 Å². The maximum absolute atomic E-state index is 5.48. The molecule has 7 nitrogen and oxygen atoms in total. The first-order valence-electron chi connectivity index (χ1n) is 9.78. The van der Waals surface area contributed by atoms with Crippen molar-refractivity contribution in [1.82, 2.24) is 19.3 Å². The summed E-state index contributed by atoms with van der Waals surface area (Å²) < 4.78 is 12.9. The molecule has 0 saturated carbocycles. The normalized spacial score (nSPS) is 15.1. The summed E-state index contributed by atoms with van der Waals surface area (Å²) in [6.07, 6.45) is 7.47. The van der Waals surface area contributed by atoms with Crippen molar-refractivity contribution < 1.29 is 9.15 Å². The zero-order valence-corrected chi connectivity index (χ0v) is 16.4. The maximum Gasteiger partial charge on any atom is 0.180 e. The molecule has 3 aromatic heterocycles. The third kappa shape index (κ3) is 3.45. The summed E-state index contributed by atoms with van der Waals surface area (Å²) in [6.45, 7) is 4.62. The van der Waals surface area contributed by atoms with Gasteiger partial charge >= 0.3 is 0 Å². The van der Waals surface area contributed by atoms with Crippen molar-refractivity contribution in [3.63, 3.8) is 0 Å². The third-order valence-corrected chi connectivity index (χ3v) is 5.43. The Balaban J connectivity index is 1.36. The number of furan rings is 1. The van der Waals surface area contributed by atoms with Crippen molar-refractivity contribution in [2.24, 2.45) is 0 Å². The average molecular weight is 389 g/mol. The third-order valence-electron chi connectivity index (χ3n) is 5.43. The molecule has 29 heavy (non-hydrogen) atoms. The van der Waals surface area contributed by atoms with Crippen LogP contribution in [-0.2, 0) is 6.54 Å². The van der Waals surface area contributed by atoms with Crippen molar-refractivity contribution in [3.8, 4) is 17.0 Å². The number of anilines is 1. The first kappa shape index (κ1) is 17.8. The van der Waals surface area contributed by atoms with Crippen LogP contribution in [0.1, 0.15) is 5.76 Å². The molecule has 0 bridgehead atoms. The molecule has 0 N–H and O–H groups in total. The van der Waals surface area contributed by atoms with Gasteiger partial charge < -0.3 is 14.1 Å². The molecule has 1 saturated heterocycles. The van der Waals surface area contributed by atoms with Crippen LogP contribution >= 0.6 is 0 Å². The molecule has 1 aliphatic rings. The SMILES string of the molecule is COc1ccc(-c2cnc3c(N4CCN(Cc5ccco5)CC4)nccn23)cc1. The Hall–Kier alpha value is -3.32. The minimum absolute atomic E-state index is 0.845. The number of imidazole rings is 1. The molecule has 0 aliphatic carbocycles. The van der Waals surface area contributed by atoms with Crippen LogP contribution in [0.2, 0.25) is 0 Å². The van der Waals surface area contributed by atoms with E-state index < -0.39 is 0 Å². The number of ether oxygens (including phenoxy) is 1. The minimum atomic E-state index is 0.845. The maximum atomic E-state index is 5.48. The predicted octanol–water partition coefficient (Wildman–Crippen LogP) is 3.32. The van der Waals surface area contributed by atoms with Gasteiger partial charge in [0.1, 0.15) is 11.5 Å². The quantitative estimate of drug-likeness (QED) is 0.522. The minimum Gasteiger partial charge on any atom is -0.497 e. The summed E-state index contributed by atoms with van der Waals surface area (Å²) in [5.74, 6) is 2.79. The van der Waals surface area contributed by atoms with Crippen molar-refractivity contribution in [1.29, 1.82) is 0 Å². The van der Waals surface area contributed by atoms with Crippen molar-refractivity contribution in [2.45, 2.75) is 6.54 Å². The van der Waals surface area contributed by atoms with Crippen LogP contribution in [0.25, 0.3) is 16.9 Å². The predicted molar refractivity (Wildman–Crippen MR) is 111 cm³/mol. The molecule has 148 valence electrons. The van der Waals surface area contributed by atoms with E-state index in [1.165, 1.54) is 0 Å². The molecule has 0 unspecified atom stereocenters. The highest BCUT2D eigenvalue weighted by Gasteiger charge is 2.22. The average Bonchev–Trinajstić information content (AvgIpc) is 3.44. The number of benzene rings is 1. The van der Waals surface area contributed by atoms with Crippen LogP contribution < -0.4 is 9.64 Å². The van der Waals surface area contributed by atoms with Gasteiger partial charge in [-0.1, -0.05) is 0 Å². The number of piperazine rings is 1.